The Balaban J connectivity index is 1.81. The lowest BCUT2D eigenvalue weighted by atomic mass is 10.0. The van der Waals surface area contributed by atoms with E-state index >= 15 is 0 Å². The van der Waals surface area contributed by atoms with E-state index in [9.17, 15) is 24.2 Å². The van der Waals surface area contributed by atoms with E-state index in [4.69, 9.17) is 26.0 Å². The van der Waals surface area contributed by atoms with E-state index in [1.165, 1.54) is 10.9 Å². The van der Waals surface area contributed by atoms with E-state index in [1.807, 2.05) is 0 Å². The molecule has 0 amide bonds. The average Bonchev–Trinajstić information content (AvgIpc) is 3.05. The Morgan fingerprint density at radius 2 is 1.96 bits per heavy atom. The Morgan fingerprint density at radius 3 is 2.61 bits per heavy atom. The summed E-state index contributed by atoms with van der Waals surface area (Å²) in [6.45, 7) is -0.960. The minimum absolute atomic E-state index is 0.0509. The zero-order chi connectivity index (χ0) is 20.9. The summed E-state index contributed by atoms with van der Waals surface area (Å²) in [5, 5.41) is 20.7. The number of phosphoric acid groups is 2. The number of nitrogen functional groups attached to an aromatic ring is 1. The molecule has 2 aromatic heterocycles. The molecule has 1 saturated heterocycles. The Labute approximate surface area is 155 Å². The van der Waals surface area contributed by atoms with Crippen molar-refractivity contribution in [2.45, 2.75) is 24.2 Å². The van der Waals surface area contributed by atoms with Crippen LogP contribution < -0.4 is 11.5 Å². The Kier molecular flexibility index (Phi) is 5.33. The molecule has 18 heteroatoms. The third-order valence-corrected chi connectivity index (χ3v) is 5.97. The number of hydrogen-bond donors (Lipinski definition) is 7. The molecule has 0 aliphatic carbocycles. The van der Waals surface area contributed by atoms with Crippen LogP contribution in [0.4, 0.5) is 5.82 Å². The summed E-state index contributed by atoms with van der Waals surface area (Å²) in [5.41, 5.74) is 9.15. The highest BCUT2D eigenvalue weighted by Gasteiger charge is 2.55. The van der Waals surface area contributed by atoms with Gasteiger partial charge in [0.05, 0.1) is 12.9 Å². The number of nitrogens with two attached hydrogens (primary N) is 2. The second kappa shape index (κ2) is 7.05. The first kappa shape index (κ1) is 21.2. The van der Waals surface area contributed by atoms with Gasteiger partial charge in [0.15, 0.2) is 23.4 Å². The van der Waals surface area contributed by atoms with Gasteiger partial charge in [0.2, 0.25) is 0 Å². The number of fused-ring (bicyclic) bond motifs is 1. The van der Waals surface area contributed by atoms with Crippen molar-refractivity contribution in [2.24, 2.45) is 5.73 Å². The van der Waals surface area contributed by atoms with E-state index in [2.05, 4.69) is 23.8 Å². The minimum Gasteiger partial charge on any atom is -0.384 e. The molecule has 0 spiro atoms. The van der Waals surface area contributed by atoms with Crippen LogP contribution in [0.15, 0.2) is 12.7 Å². The van der Waals surface area contributed by atoms with Crippen molar-refractivity contribution in [1.82, 2.24) is 19.5 Å². The Bertz CT molecular complexity index is 977. The fourth-order valence-corrected chi connectivity index (χ4v) is 4.12. The van der Waals surface area contributed by atoms with Crippen LogP contribution >= 0.6 is 15.6 Å². The Hall–Kier alpha value is -1.55. The molecule has 156 valence electrons. The summed E-state index contributed by atoms with van der Waals surface area (Å²) in [5.74, 6) is 0.0509. The number of ether oxygens (including phenoxy) is 1. The van der Waals surface area contributed by atoms with E-state index in [-0.39, 0.29) is 17.0 Å². The van der Waals surface area contributed by atoms with E-state index < -0.39 is 46.4 Å². The average molecular weight is 442 g/mol. The van der Waals surface area contributed by atoms with Gasteiger partial charge in [0, 0.05) is 0 Å². The largest absolute Gasteiger partial charge is 0.481 e. The van der Waals surface area contributed by atoms with Crippen LogP contribution in [-0.4, -0.2) is 69.0 Å². The molecule has 5 atom stereocenters. The van der Waals surface area contributed by atoms with Crippen LogP contribution in [0.5, 0.6) is 0 Å². The second-order valence-electron chi connectivity index (χ2n) is 5.77. The predicted molar refractivity (Wildman–Crippen MR) is 87.7 cm³/mol. The number of anilines is 1. The van der Waals surface area contributed by atoms with Gasteiger partial charge in [-0.25, -0.2) is 24.1 Å². The highest BCUT2D eigenvalue weighted by atomic mass is 31.3. The molecule has 0 aromatic carbocycles. The van der Waals surface area contributed by atoms with Crippen LogP contribution in [0.25, 0.3) is 11.2 Å². The maximum atomic E-state index is 11.5. The van der Waals surface area contributed by atoms with Crippen molar-refractivity contribution >= 4 is 32.6 Å². The standard InChI is InChI=1S/C10H16N6O10P2/c11-7-5-8(14-2-13-7)16(3-15-5)9-6(17)10(12,18)4(25-9)1-24-28(22,23)26-27(19,20)21/h2-4,6,9,17-18H,1,12H2,(H,22,23)(H2,11,13,14)(H2,19,20,21)/t4-,6+,9-,10-/m1/s1. The van der Waals surface area contributed by atoms with Gasteiger partial charge >= 0.3 is 15.6 Å². The Morgan fingerprint density at radius 1 is 1.29 bits per heavy atom. The molecule has 1 aliphatic heterocycles. The van der Waals surface area contributed by atoms with Gasteiger partial charge < -0.3 is 35.4 Å². The maximum Gasteiger partial charge on any atom is 0.481 e. The molecule has 9 N–H and O–H groups in total. The molecule has 16 nitrogen and oxygen atoms in total. The number of rotatable bonds is 6. The third kappa shape index (κ3) is 4.07. The first-order valence-corrected chi connectivity index (χ1v) is 10.4. The van der Waals surface area contributed by atoms with Gasteiger partial charge in [-0.2, -0.15) is 4.31 Å². The topological polar surface area (TPSA) is 259 Å². The van der Waals surface area contributed by atoms with E-state index in [1.54, 1.807) is 0 Å². The highest BCUT2D eigenvalue weighted by Crippen LogP contribution is 2.57. The number of aromatic nitrogens is 4. The molecule has 28 heavy (non-hydrogen) atoms. The summed E-state index contributed by atoms with van der Waals surface area (Å²) in [6.07, 6.45) is -2.42. The van der Waals surface area contributed by atoms with Crippen LogP contribution in [0.1, 0.15) is 6.23 Å². The molecule has 0 saturated carbocycles. The lowest BCUT2D eigenvalue weighted by Gasteiger charge is -2.26. The fraction of sp³-hybridized carbons (Fsp3) is 0.500. The molecule has 1 fully saturated rings. The van der Waals surface area contributed by atoms with Gasteiger partial charge in [-0.1, -0.05) is 0 Å². The lowest BCUT2D eigenvalue weighted by molar-refractivity contribution is -0.0872. The lowest BCUT2D eigenvalue weighted by Crippen LogP contribution is -2.56. The summed E-state index contributed by atoms with van der Waals surface area (Å²) >= 11 is 0. The van der Waals surface area contributed by atoms with Crippen LogP contribution in [0.2, 0.25) is 0 Å². The highest BCUT2D eigenvalue weighted by molar-refractivity contribution is 7.60. The number of phosphoric ester groups is 1. The SMILES string of the molecule is Nc1ncnc2c1ncn2[C@@H]1O[C@H](COP(=O)(O)OP(=O)(O)O)[C@@](N)(O)[C@H]1O. The van der Waals surface area contributed by atoms with Gasteiger partial charge in [0.1, 0.15) is 24.1 Å². The number of imidazole rings is 1. The fourth-order valence-electron chi connectivity index (χ4n) is 2.54. The summed E-state index contributed by atoms with van der Waals surface area (Å²) in [7, 11) is -10.6. The number of aliphatic hydroxyl groups excluding tert-OH is 1. The zero-order valence-corrected chi connectivity index (χ0v) is 15.5. The van der Waals surface area contributed by atoms with E-state index in [0.717, 1.165) is 6.33 Å². The van der Waals surface area contributed by atoms with Gasteiger partial charge in [-0.3, -0.25) is 14.8 Å². The van der Waals surface area contributed by atoms with Crippen LogP contribution in [-0.2, 0) is 22.7 Å². The molecule has 1 aliphatic rings. The summed E-state index contributed by atoms with van der Waals surface area (Å²) < 4.78 is 36.8. The molecule has 1 unspecified atom stereocenters. The number of nitrogens with zero attached hydrogens (tertiary/aromatic N) is 4. The molecular weight excluding hydrogens is 426 g/mol. The van der Waals surface area contributed by atoms with Crippen molar-refractivity contribution < 1.29 is 47.6 Å². The van der Waals surface area contributed by atoms with Crippen molar-refractivity contribution in [2.75, 3.05) is 12.3 Å². The first-order valence-electron chi connectivity index (χ1n) is 7.34. The van der Waals surface area contributed by atoms with Crippen LogP contribution in [0.3, 0.4) is 0 Å². The third-order valence-electron chi connectivity index (χ3n) is 3.82. The second-order valence-corrected chi connectivity index (χ2v) is 8.60. The monoisotopic (exact) mass is 442 g/mol. The van der Waals surface area contributed by atoms with Crippen LogP contribution in [0, 0.1) is 0 Å². The number of aliphatic hydroxyl groups is 2. The smallest absolute Gasteiger partial charge is 0.384 e. The zero-order valence-electron chi connectivity index (χ0n) is 13.7. The van der Waals surface area contributed by atoms with Crippen molar-refractivity contribution in [3.05, 3.63) is 12.7 Å². The summed E-state index contributed by atoms with van der Waals surface area (Å²) in [4.78, 5) is 38.1. The number of hydrogen-bond acceptors (Lipinski definition) is 12. The van der Waals surface area contributed by atoms with Gasteiger partial charge in [-0.15, -0.1) is 0 Å². The van der Waals surface area contributed by atoms with Gasteiger partial charge in [0.25, 0.3) is 0 Å². The molecule has 2 aromatic rings. The minimum atomic E-state index is -5.34. The summed E-state index contributed by atoms with van der Waals surface area (Å²) in [6, 6.07) is 0. The first-order chi connectivity index (χ1) is 12.8. The van der Waals surface area contributed by atoms with Crippen molar-refractivity contribution in [3.8, 4) is 0 Å². The quantitative estimate of drug-likeness (QED) is 0.181. The van der Waals surface area contributed by atoms with Crippen molar-refractivity contribution in [3.63, 3.8) is 0 Å². The van der Waals surface area contributed by atoms with Gasteiger partial charge in [-0.05, 0) is 0 Å². The molecular formula is C10H16N6O10P2. The maximum absolute atomic E-state index is 11.5. The molecule has 0 radical (unpaired) electrons. The molecule has 3 rings (SSSR count). The molecule has 0 bridgehead atoms. The van der Waals surface area contributed by atoms with E-state index in [0.29, 0.717) is 0 Å². The normalized spacial score (nSPS) is 30.6. The molecule has 3 heterocycles. The predicted octanol–water partition coefficient (Wildman–Crippen LogP) is -2.46. The van der Waals surface area contributed by atoms with Crippen molar-refractivity contribution in [1.29, 1.82) is 0 Å².